The Morgan fingerprint density at radius 3 is 2.55 bits per heavy atom. The molecule has 0 aliphatic carbocycles. The van der Waals surface area contributed by atoms with E-state index in [4.69, 9.17) is 4.74 Å². The first-order chi connectivity index (χ1) is 9.74. The molecule has 1 fully saturated rings. The summed E-state index contributed by atoms with van der Waals surface area (Å²) in [5.74, 6) is -0.403. The average molecular weight is 275 g/mol. The van der Waals surface area contributed by atoms with Crippen LogP contribution >= 0.6 is 0 Å². The van der Waals surface area contributed by atoms with Crippen molar-refractivity contribution < 1.29 is 13.9 Å². The zero-order chi connectivity index (χ0) is 13.9. The van der Waals surface area contributed by atoms with Gasteiger partial charge in [-0.1, -0.05) is 0 Å². The topological polar surface area (TPSA) is 47.4 Å². The molecule has 1 aromatic carbocycles. The van der Waals surface area contributed by atoms with Crippen molar-refractivity contribution in [2.45, 2.75) is 0 Å². The fourth-order valence-electron chi connectivity index (χ4n) is 2.10. The standard InChI is InChI=1S/C14H14FN3O2/c15-11-1-3-12(4-2-11)18-6-5-13(16-18)14(19)17-7-9-20-10-8-17/h1-6H,7-10H2. The Morgan fingerprint density at radius 2 is 1.85 bits per heavy atom. The Hall–Kier alpha value is -2.21. The second-order valence-electron chi connectivity index (χ2n) is 4.53. The number of amides is 1. The lowest BCUT2D eigenvalue weighted by Gasteiger charge is -2.25. The molecule has 0 bridgehead atoms. The van der Waals surface area contributed by atoms with Gasteiger partial charge in [0.15, 0.2) is 5.69 Å². The molecule has 104 valence electrons. The van der Waals surface area contributed by atoms with Gasteiger partial charge in [0.2, 0.25) is 0 Å². The summed E-state index contributed by atoms with van der Waals surface area (Å²) in [6.07, 6.45) is 1.70. The summed E-state index contributed by atoms with van der Waals surface area (Å²) >= 11 is 0. The molecule has 20 heavy (non-hydrogen) atoms. The molecule has 1 aliphatic rings. The quantitative estimate of drug-likeness (QED) is 0.834. The highest BCUT2D eigenvalue weighted by molar-refractivity contribution is 5.92. The van der Waals surface area contributed by atoms with E-state index in [1.165, 1.54) is 12.1 Å². The first kappa shape index (κ1) is 12.8. The van der Waals surface area contributed by atoms with Gasteiger partial charge in [-0.3, -0.25) is 4.79 Å². The summed E-state index contributed by atoms with van der Waals surface area (Å²) < 4.78 is 19.7. The van der Waals surface area contributed by atoms with Gasteiger partial charge in [0.1, 0.15) is 5.82 Å². The zero-order valence-electron chi connectivity index (χ0n) is 10.8. The van der Waals surface area contributed by atoms with Crippen molar-refractivity contribution in [3.63, 3.8) is 0 Å². The van der Waals surface area contributed by atoms with Crippen LogP contribution in [0.2, 0.25) is 0 Å². The van der Waals surface area contributed by atoms with Crippen molar-refractivity contribution in [3.05, 3.63) is 48.0 Å². The smallest absolute Gasteiger partial charge is 0.274 e. The van der Waals surface area contributed by atoms with E-state index < -0.39 is 0 Å². The van der Waals surface area contributed by atoms with E-state index in [2.05, 4.69) is 5.10 Å². The minimum atomic E-state index is -0.300. The lowest BCUT2D eigenvalue weighted by molar-refractivity contribution is 0.0298. The van der Waals surface area contributed by atoms with Crippen LogP contribution in [0.15, 0.2) is 36.5 Å². The average Bonchev–Trinajstić information content (AvgIpc) is 2.98. The van der Waals surface area contributed by atoms with E-state index in [9.17, 15) is 9.18 Å². The number of carbonyl (C=O) groups is 1. The third-order valence-electron chi connectivity index (χ3n) is 3.20. The number of hydrogen-bond acceptors (Lipinski definition) is 3. The van der Waals surface area contributed by atoms with Crippen molar-refractivity contribution in [1.82, 2.24) is 14.7 Å². The molecule has 2 heterocycles. The van der Waals surface area contributed by atoms with E-state index >= 15 is 0 Å². The lowest BCUT2D eigenvalue weighted by atomic mass is 10.3. The fraction of sp³-hybridized carbons (Fsp3) is 0.286. The molecule has 0 unspecified atom stereocenters. The number of nitrogens with zero attached hydrogens (tertiary/aromatic N) is 3. The molecule has 3 rings (SSSR count). The van der Waals surface area contributed by atoms with Crippen LogP contribution in [0.5, 0.6) is 0 Å². The van der Waals surface area contributed by atoms with Gasteiger partial charge < -0.3 is 9.64 Å². The summed E-state index contributed by atoms with van der Waals surface area (Å²) in [7, 11) is 0. The molecule has 6 heteroatoms. The summed E-state index contributed by atoms with van der Waals surface area (Å²) in [5.41, 5.74) is 1.10. The third-order valence-corrected chi connectivity index (χ3v) is 3.20. The van der Waals surface area contributed by atoms with Crippen LogP contribution < -0.4 is 0 Å². The molecule has 0 saturated carbocycles. The second kappa shape index (κ2) is 5.42. The van der Waals surface area contributed by atoms with E-state index in [-0.39, 0.29) is 11.7 Å². The molecule has 0 N–H and O–H groups in total. The number of rotatable bonds is 2. The molecule has 1 saturated heterocycles. The summed E-state index contributed by atoms with van der Waals surface area (Å²) in [4.78, 5) is 14.0. The van der Waals surface area contributed by atoms with Gasteiger partial charge in [-0.25, -0.2) is 9.07 Å². The fourth-order valence-corrected chi connectivity index (χ4v) is 2.10. The van der Waals surface area contributed by atoms with Gasteiger partial charge in [-0.2, -0.15) is 5.10 Å². The van der Waals surface area contributed by atoms with Crippen LogP contribution in [0.4, 0.5) is 4.39 Å². The lowest BCUT2D eigenvalue weighted by Crippen LogP contribution is -2.40. The number of aromatic nitrogens is 2. The van der Waals surface area contributed by atoms with Gasteiger partial charge >= 0.3 is 0 Å². The number of ether oxygens (including phenoxy) is 1. The predicted octanol–water partition coefficient (Wildman–Crippen LogP) is 1.48. The van der Waals surface area contributed by atoms with Crippen LogP contribution in [-0.2, 0) is 4.74 Å². The first-order valence-electron chi connectivity index (χ1n) is 6.43. The zero-order valence-corrected chi connectivity index (χ0v) is 10.8. The van der Waals surface area contributed by atoms with Crippen LogP contribution in [0, 0.1) is 5.82 Å². The molecule has 1 aromatic heterocycles. The van der Waals surface area contributed by atoms with Crippen LogP contribution in [0.25, 0.3) is 5.69 Å². The maximum absolute atomic E-state index is 12.9. The second-order valence-corrected chi connectivity index (χ2v) is 4.53. The molecule has 1 aliphatic heterocycles. The van der Waals surface area contributed by atoms with E-state index in [0.29, 0.717) is 37.7 Å². The minimum absolute atomic E-state index is 0.103. The largest absolute Gasteiger partial charge is 0.378 e. The Balaban J connectivity index is 1.79. The third kappa shape index (κ3) is 2.55. The maximum atomic E-state index is 12.9. The van der Waals surface area contributed by atoms with E-state index in [0.717, 1.165) is 0 Å². The van der Waals surface area contributed by atoms with Crippen LogP contribution in [0.3, 0.4) is 0 Å². The Labute approximate surface area is 115 Å². The molecule has 2 aromatic rings. The first-order valence-corrected chi connectivity index (χ1v) is 6.43. The van der Waals surface area contributed by atoms with Crippen molar-refractivity contribution in [1.29, 1.82) is 0 Å². The molecular formula is C14H14FN3O2. The number of benzene rings is 1. The number of hydrogen-bond donors (Lipinski definition) is 0. The number of carbonyl (C=O) groups excluding carboxylic acids is 1. The van der Waals surface area contributed by atoms with Crippen molar-refractivity contribution >= 4 is 5.91 Å². The molecule has 0 radical (unpaired) electrons. The van der Waals surface area contributed by atoms with Gasteiger partial charge in [0.05, 0.1) is 18.9 Å². The van der Waals surface area contributed by atoms with Crippen molar-refractivity contribution in [3.8, 4) is 5.69 Å². The van der Waals surface area contributed by atoms with Gasteiger partial charge in [-0.05, 0) is 30.3 Å². The highest BCUT2D eigenvalue weighted by atomic mass is 19.1. The van der Waals surface area contributed by atoms with Crippen molar-refractivity contribution in [2.75, 3.05) is 26.3 Å². The van der Waals surface area contributed by atoms with Gasteiger partial charge in [-0.15, -0.1) is 0 Å². The summed E-state index contributed by atoms with van der Waals surface area (Å²) in [6.45, 7) is 2.29. The van der Waals surface area contributed by atoms with Gasteiger partial charge in [0.25, 0.3) is 5.91 Å². The van der Waals surface area contributed by atoms with E-state index in [1.54, 1.807) is 34.0 Å². The van der Waals surface area contributed by atoms with E-state index in [1.807, 2.05) is 0 Å². The summed E-state index contributed by atoms with van der Waals surface area (Å²) in [5, 5.41) is 4.25. The monoisotopic (exact) mass is 275 g/mol. The number of halogens is 1. The Morgan fingerprint density at radius 1 is 1.15 bits per heavy atom. The van der Waals surface area contributed by atoms with Crippen LogP contribution in [0.1, 0.15) is 10.5 Å². The predicted molar refractivity (Wildman–Crippen MR) is 70.2 cm³/mol. The van der Waals surface area contributed by atoms with Crippen molar-refractivity contribution in [2.24, 2.45) is 0 Å². The number of morpholine rings is 1. The Kier molecular flexibility index (Phi) is 3.47. The van der Waals surface area contributed by atoms with Crippen LogP contribution in [-0.4, -0.2) is 46.9 Å². The maximum Gasteiger partial charge on any atom is 0.274 e. The molecular weight excluding hydrogens is 261 g/mol. The molecule has 5 nitrogen and oxygen atoms in total. The highest BCUT2D eigenvalue weighted by Gasteiger charge is 2.20. The Bertz CT molecular complexity index is 603. The minimum Gasteiger partial charge on any atom is -0.378 e. The SMILES string of the molecule is O=C(c1ccn(-c2ccc(F)cc2)n1)N1CCOCC1. The van der Waals surface area contributed by atoms with Gasteiger partial charge in [0, 0.05) is 19.3 Å². The highest BCUT2D eigenvalue weighted by Crippen LogP contribution is 2.11. The molecule has 1 amide bonds. The molecule has 0 spiro atoms. The molecule has 0 atom stereocenters. The summed E-state index contributed by atoms with van der Waals surface area (Å²) in [6, 6.07) is 7.62. The normalized spacial score (nSPS) is 15.3.